The van der Waals surface area contributed by atoms with E-state index in [0.29, 0.717) is 25.7 Å². The van der Waals surface area contributed by atoms with Gasteiger partial charge in [-0.05, 0) is 19.3 Å². The molecule has 2 atom stereocenters. The van der Waals surface area contributed by atoms with E-state index in [4.69, 9.17) is 19.0 Å². The zero-order valence-electron chi connectivity index (χ0n) is 9.98. The van der Waals surface area contributed by atoms with Gasteiger partial charge >= 0.3 is 5.97 Å². The van der Waals surface area contributed by atoms with E-state index in [1.807, 2.05) is 0 Å². The SMILES string of the molecule is CC12COC(C3=NO[C@H]4CCC[C@@H]34)(OC1)OC2. The number of hydrogen-bond acceptors (Lipinski definition) is 5. The fraction of sp³-hybridized carbons (Fsp3) is 0.917. The number of rotatable bonds is 1. The van der Waals surface area contributed by atoms with Crippen molar-refractivity contribution < 1.29 is 19.0 Å². The summed E-state index contributed by atoms with van der Waals surface area (Å²) in [7, 11) is 0. The Labute approximate surface area is 100 Å². The average Bonchev–Trinajstić information content (AvgIpc) is 2.92. The van der Waals surface area contributed by atoms with Crippen molar-refractivity contribution in [2.45, 2.75) is 38.3 Å². The molecule has 5 aliphatic rings. The molecule has 0 unspecified atom stereocenters. The fourth-order valence-electron chi connectivity index (χ4n) is 3.12. The lowest BCUT2D eigenvalue weighted by Crippen LogP contribution is -2.63. The number of ether oxygens (including phenoxy) is 3. The van der Waals surface area contributed by atoms with Gasteiger partial charge in [-0.15, -0.1) is 0 Å². The Hall–Kier alpha value is -0.650. The van der Waals surface area contributed by atoms with Crippen LogP contribution in [0.5, 0.6) is 0 Å². The molecule has 1 aliphatic carbocycles. The number of oxime groups is 1. The quantitative estimate of drug-likeness (QED) is 0.691. The molecule has 5 nitrogen and oxygen atoms in total. The lowest BCUT2D eigenvalue weighted by Gasteiger charge is -2.50. The molecule has 0 N–H and O–H groups in total. The van der Waals surface area contributed by atoms with E-state index in [9.17, 15) is 0 Å². The van der Waals surface area contributed by atoms with Gasteiger partial charge in [0, 0.05) is 11.3 Å². The summed E-state index contributed by atoms with van der Waals surface area (Å²) >= 11 is 0. The molecule has 1 saturated carbocycles. The van der Waals surface area contributed by atoms with Crippen molar-refractivity contribution in [1.82, 2.24) is 0 Å². The molecule has 0 radical (unpaired) electrons. The molecule has 4 aliphatic heterocycles. The summed E-state index contributed by atoms with van der Waals surface area (Å²) < 4.78 is 17.4. The first kappa shape index (κ1) is 10.3. The molecule has 4 fully saturated rings. The first-order valence-corrected chi connectivity index (χ1v) is 6.37. The summed E-state index contributed by atoms with van der Waals surface area (Å²) in [4.78, 5) is 5.46. The molecule has 0 aromatic heterocycles. The van der Waals surface area contributed by atoms with E-state index in [0.717, 1.165) is 18.6 Å². The van der Waals surface area contributed by atoms with Crippen molar-refractivity contribution in [3.8, 4) is 0 Å². The molecule has 3 saturated heterocycles. The fourth-order valence-corrected chi connectivity index (χ4v) is 3.12. The molecule has 94 valence electrons. The lowest BCUT2D eigenvalue weighted by atomic mass is 9.89. The highest BCUT2D eigenvalue weighted by Crippen LogP contribution is 2.45. The second-order valence-electron chi connectivity index (χ2n) is 5.89. The summed E-state index contributed by atoms with van der Waals surface area (Å²) in [5, 5.41) is 4.18. The molecular formula is C12H17NO4. The molecule has 17 heavy (non-hydrogen) atoms. The maximum Gasteiger partial charge on any atom is 0.329 e. The normalized spacial score (nSPS) is 52.2. The minimum atomic E-state index is -1.04. The molecule has 4 heterocycles. The van der Waals surface area contributed by atoms with E-state index < -0.39 is 5.97 Å². The van der Waals surface area contributed by atoms with E-state index in [1.165, 1.54) is 6.42 Å². The third kappa shape index (κ3) is 1.33. The molecule has 5 heteroatoms. The van der Waals surface area contributed by atoms with Crippen LogP contribution < -0.4 is 0 Å². The average molecular weight is 239 g/mol. The van der Waals surface area contributed by atoms with Gasteiger partial charge in [-0.3, -0.25) is 0 Å². The smallest absolute Gasteiger partial charge is 0.329 e. The van der Waals surface area contributed by atoms with Crippen LogP contribution in [0.3, 0.4) is 0 Å². The summed E-state index contributed by atoms with van der Waals surface area (Å²) in [6.07, 6.45) is 3.57. The summed E-state index contributed by atoms with van der Waals surface area (Å²) in [5.41, 5.74) is 0.818. The topological polar surface area (TPSA) is 49.3 Å². The Bertz CT molecular complexity index is 356. The van der Waals surface area contributed by atoms with Gasteiger partial charge in [0.05, 0.1) is 19.8 Å². The van der Waals surface area contributed by atoms with Crippen LogP contribution in [0.4, 0.5) is 0 Å². The van der Waals surface area contributed by atoms with Gasteiger partial charge in [0.25, 0.3) is 0 Å². The van der Waals surface area contributed by atoms with E-state index >= 15 is 0 Å². The highest BCUT2D eigenvalue weighted by molar-refractivity contribution is 5.93. The lowest BCUT2D eigenvalue weighted by molar-refractivity contribution is -0.430. The van der Waals surface area contributed by atoms with Gasteiger partial charge in [-0.2, -0.15) is 0 Å². The Morgan fingerprint density at radius 2 is 1.82 bits per heavy atom. The largest absolute Gasteiger partial charge is 0.392 e. The summed E-state index contributed by atoms with van der Waals surface area (Å²) in [6, 6.07) is 0. The molecule has 0 spiro atoms. The number of fused-ring (bicyclic) bond motifs is 4. The molecular weight excluding hydrogens is 222 g/mol. The second-order valence-corrected chi connectivity index (χ2v) is 5.89. The van der Waals surface area contributed by atoms with Crippen LogP contribution in [0.15, 0.2) is 5.16 Å². The van der Waals surface area contributed by atoms with Crippen molar-refractivity contribution in [2.75, 3.05) is 19.8 Å². The third-order valence-corrected chi connectivity index (χ3v) is 4.24. The first-order chi connectivity index (χ1) is 8.21. The Morgan fingerprint density at radius 3 is 2.53 bits per heavy atom. The molecule has 0 amide bonds. The Balaban J connectivity index is 1.63. The van der Waals surface area contributed by atoms with Gasteiger partial charge in [0.2, 0.25) is 0 Å². The maximum absolute atomic E-state index is 5.80. The zero-order valence-corrected chi connectivity index (χ0v) is 9.98. The van der Waals surface area contributed by atoms with Crippen LogP contribution in [-0.4, -0.2) is 37.6 Å². The number of nitrogens with zero attached hydrogens (tertiary/aromatic N) is 1. The van der Waals surface area contributed by atoms with Crippen molar-refractivity contribution in [2.24, 2.45) is 16.5 Å². The van der Waals surface area contributed by atoms with E-state index in [2.05, 4.69) is 12.1 Å². The predicted octanol–water partition coefficient (Wildman–Crippen LogP) is 1.28. The summed E-state index contributed by atoms with van der Waals surface area (Å²) in [6.45, 7) is 4.12. The van der Waals surface area contributed by atoms with Gasteiger partial charge in [-0.1, -0.05) is 12.1 Å². The van der Waals surface area contributed by atoms with Crippen molar-refractivity contribution in [1.29, 1.82) is 0 Å². The van der Waals surface area contributed by atoms with Gasteiger partial charge in [0.15, 0.2) is 5.71 Å². The standard InChI is InChI=1S/C12H17NO4/c1-11-5-14-12(15-6-11,16-7-11)10-8-3-2-4-9(8)17-13-10/h8-9H,2-7H2,1H3/t8-,9+,11?,12?/m1/s1. The van der Waals surface area contributed by atoms with E-state index in [1.54, 1.807) is 0 Å². The van der Waals surface area contributed by atoms with Crippen LogP contribution in [0.1, 0.15) is 26.2 Å². The van der Waals surface area contributed by atoms with Crippen LogP contribution in [-0.2, 0) is 19.0 Å². The minimum absolute atomic E-state index is 0.00313. The third-order valence-electron chi connectivity index (χ3n) is 4.24. The van der Waals surface area contributed by atoms with Gasteiger partial charge < -0.3 is 19.0 Å². The van der Waals surface area contributed by atoms with Crippen molar-refractivity contribution in [3.63, 3.8) is 0 Å². The van der Waals surface area contributed by atoms with Gasteiger partial charge in [-0.25, -0.2) is 0 Å². The van der Waals surface area contributed by atoms with Crippen LogP contribution in [0, 0.1) is 11.3 Å². The Kier molecular flexibility index (Phi) is 1.95. The molecule has 0 aromatic carbocycles. The first-order valence-electron chi connectivity index (χ1n) is 6.37. The van der Waals surface area contributed by atoms with Crippen molar-refractivity contribution in [3.05, 3.63) is 0 Å². The Morgan fingerprint density at radius 1 is 1.12 bits per heavy atom. The highest BCUT2D eigenvalue weighted by Gasteiger charge is 2.59. The molecule has 2 bridgehead atoms. The predicted molar refractivity (Wildman–Crippen MR) is 58.3 cm³/mol. The van der Waals surface area contributed by atoms with Crippen LogP contribution in [0.25, 0.3) is 0 Å². The molecule has 0 aromatic rings. The zero-order chi connectivity index (χ0) is 11.5. The highest BCUT2D eigenvalue weighted by atomic mass is 16.9. The minimum Gasteiger partial charge on any atom is -0.392 e. The van der Waals surface area contributed by atoms with Gasteiger partial charge in [0.1, 0.15) is 6.10 Å². The second kappa shape index (κ2) is 3.22. The molecule has 5 rings (SSSR count). The maximum atomic E-state index is 5.80. The number of hydrogen-bond donors (Lipinski definition) is 0. The van der Waals surface area contributed by atoms with E-state index in [-0.39, 0.29) is 11.5 Å². The van der Waals surface area contributed by atoms with Crippen molar-refractivity contribution >= 4 is 5.71 Å². The van der Waals surface area contributed by atoms with Crippen LogP contribution >= 0.6 is 0 Å². The van der Waals surface area contributed by atoms with Crippen LogP contribution in [0.2, 0.25) is 0 Å². The summed E-state index contributed by atoms with van der Waals surface area (Å²) in [5.74, 6) is -0.723. The monoisotopic (exact) mass is 239 g/mol.